The molecule has 0 saturated heterocycles. The lowest BCUT2D eigenvalue weighted by Gasteiger charge is -2.31. The predicted octanol–water partition coefficient (Wildman–Crippen LogP) is 2.45. The maximum atomic E-state index is 11.4. The van der Waals surface area contributed by atoms with E-state index in [1.165, 1.54) is 30.4 Å². The number of amides is 1. The average Bonchev–Trinajstić information content (AvgIpc) is 2.18. The van der Waals surface area contributed by atoms with Crippen molar-refractivity contribution in [3.63, 3.8) is 0 Å². The summed E-state index contributed by atoms with van der Waals surface area (Å²) in [4.78, 5) is 11.4. The fraction of sp³-hybridized carbons (Fsp3) is 0.417. The summed E-state index contributed by atoms with van der Waals surface area (Å²) < 4.78 is 0. The molecule has 0 fully saturated rings. The number of anilines is 1. The Kier molecular flexibility index (Phi) is 1.63. The fourth-order valence-corrected chi connectivity index (χ4v) is 2.73. The minimum atomic E-state index is 0.182. The standard InChI is InChI=1S/C12H13NO/c14-11-7-9-5-1-3-8-4-2-6-10(13-11)12(8)9/h2,4,6,9H,1,3,5,7H2,(H,13,14). The third kappa shape index (κ3) is 1.07. The molecule has 1 aromatic rings. The van der Waals surface area contributed by atoms with E-state index in [0.717, 1.165) is 5.69 Å². The van der Waals surface area contributed by atoms with Gasteiger partial charge in [-0.05, 0) is 42.4 Å². The third-order valence-corrected chi connectivity index (χ3v) is 3.31. The third-order valence-electron chi connectivity index (χ3n) is 3.31. The van der Waals surface area contributed by atoms with Crippen molar-refractivity contribution >= 4 is 11.6 Å². The molecule has 1 aromatic carbocycles. The molecule has 0 saturated carbocycles. The highest BCUT2D eigenvalue weighted by atomic mass is 16.1. The maximum Gasteiger partial charge on any atom is 0.224 e. The van der Waals surface area contributed by atoms with Gasteiger partial charge in [0, 0.05) is 12.1 Å². The van der Waals surface area contributed by atoms with Crippen molar-refractivity contribution < 1.29 is 4.79 Å². The Hall–Kier alpha value is -1.31. The van der Waals surface area contributed by atoms with Gasteiger partial charge in [-0.15, -0.1) is 0 Å². The second kappa shape index (κ2) is 2.84. The van der Waals surface area contributed by atoms with Crippen LogP contribution in [0, 0.1) is 0 Å². The second-order valence-electron chi connectivity index (χ2n) is 4.22. The van der Waals surface area contributed by atoms with Crippen molar-refractivity contribution in [3.8, 4) is 0 Å². The molecule has 1 atom stereocenters. The predicted molar refractivity (Wildman–Crippen MR) is 55.4 cm³/mol. The monoisotopic (exact) mass is 187 g/mol. The molecular weight excluding hydrogens is 174 g/mol. The Labute approximate surface area is 83.3 Å². The Bertz CT molecular complexity index is 397. The van der Waals surface area contributed by atoms with E-state index in [1.807, 2.05) is 12.1 Å². The highest BCUT2D eigenvalue weighted by Crippen LogP contribution is 2.41. The highest BCUT2D eigenvalue weighted by molar-refractivity contribution is 5.95. The molecule has 2 heteroatoms. The fourth-order valence-electron chi connectivity index (χ4n) is 2.73. The first kappa shape index (κ1) is 8.04. The molecule has 0 radical (unpaired) electrons. The van der Waals surface area contributed by atoms with Crippen LogP contribution >= 0.6 is 0 Å². The van der Waals surface area contributed by atoms with E-state index in [2.05, 4.69) is 11.4 Å². The largest absolute Gasteiger partial charge is 0.326 e. The van der Waals surface area contributed by atoms with Crippen LogP contribution in [0.25, 0.3) is 0 Å². The van der Waals surface area contributed by atoms with E-state index in [9.17, 15) is 4.79 Å². The van der Waals surface area contributed by atoms with Gasteiger partial charge in [0.2, 0.25) is 5.91 Å². The van der Waals surface area contributed by atoms with Crippen LogP contribution in [0.4, 0.5) is 5.69 Å². The average molecular weight is 187 g/mol. The van der Waals surface area contributed by atoms with Crippen LogP contribution in [0.2, 0.25) is 0 Å². The minimum absolute atomic E-state index is 0.182. The summed E-state index contributed by atoms with van der Waals surface area (Å²) >= 11 is 0. The van der Waals surface area contributed by atoms with Gasteiger partial charge in [-0.1, -0.05) is 12.1 Å². The van der Waals surface area contributed by atoms with Crippen molar-refractivity contribution in [1.29, 1.82) is 0 Å². The zero-order valence-corrected chi connectivity index (χ0v) is 8.05. The number of carbonyl (C=O) groups is 1. The molecule has 1 unspecified atom stereocenters. The lowest BCUT2D eigenvalue weighted by Crippen LogP contribution is -2.26. The van der Waals surface area contributed by atoms with Gasteiger partial charge in [0.1, 0.15) is 0 Å². The Balaban J connectivity index is 2.18. The minimum Gasteiger partial charge on any atom is -0.326 e. The lowest BCUT2D eigenvalue weighted by atomic mass is 9.78. The van der Waals surface area contributed by atoms with Crippen LogP contribution in [-0.4, -0.2) is 5.91 Å². The summed E-state index contributed by atoms with van der Waals surface area (Å²) in [6.07, 6.45) is 4.27. The molecule has 2 aliphatic rings. The van der Waals surface area contributed by atoms with Crippen molar-refractivity contribution in [2.24, 2.45) is 0 Å². The first-order valence-electron chi connectivity index (χ1n) is 5.26. The topological polar surface area (TPSA) is 29.1 Å². The van der Waals surface area contributed by atoms with Crippen molar-refractivity contribution in [2.45, 2.75) is 31.6 Å². The van der Waals surface area contributed by atoms with Crippen LogP contribution in [0.1, 0.15) is 36.3 Å². The summed E-state index contributed by atoms with van der Waals surface area (Å²) in [6.45, 7) is 0. The van der Waals surface area contributed by atoms with Gasteiger partial charge in [0.15, 0.2) is 0 Å². The van der Waals surface area contributed by atoms with Gasteiger partial charge >= 0.3 is 0 Å². The summed E-state index contributed by atoms with van der Waals surface area (Å²) in [5.74, 6) is 0.672. The molecular formula is C12H13NO. The Morgan fingerprint density at radius 1 is 1.36 bits per heavy atom. The molecule has 1 aliphatic carbocycles. The van der Waals surface area contributed by atoms with Crippen LogP contribution in [-0.2, 0) is 11.2 Å². The first-order chi connectivity index (χ1) is 6.84. The molecule has 72 valence electrons. The number of nitrogens with one attached hydrogen (secondary N) is 1. The van der Waals surface area contributed by atoms with Crippen molar-refractivity contribution in [1.82, 2.24) is 0 Å². The SMILES string of the molecule is O=C1CC2CCCc3cccc(c32)N1. The molecule has 0 bridgehead atoms. The van der Waals surface area contributed by atoms with E-state index in [-0.39, 0.29) is 5.91 Å². The number of hydrogen-bond acceptors (Lipinski definition) is 1. The highest BCUT2D eigenvalue weighted by Gasteiger charge is 2.29. The van der Waals surface area contributed by atoms with Gasteiger partial charge in [-0.25, -0.2) is 0 Å². The molecule has 0 spiro atoms. The smallest absolute Gasteiger partial charge is 0.224 e. The van der Waals surface area contributed by atoms with Gasteiger partial charge in [0.25, 0.3) is 0 Å². The molecule has 1 heterocycles. The van der Waals surface area contributed by atoms with E-state index < -0.39 is 0 Å². The Morgan fingerprint density at radius 3 is 3.21 bits per heavy atom. The van der Waals surface area contributed by atoms with Crippen molar-refractivity contribution in [3.05, 3.63) is 29.3 Å². The van der Waals surface area contributed by atoms with Crippen molar-refractivity contribution in [2.75, 3.05) is 5.32 Å². The maximum absolute atomic E-state index is 11.4. The number of carbonyl (C=O) groups excluding carboxylic acids is 1. The number of benzene rings is 1. The van der Waals surface area contributed by atoms with Gasteiger partial charge in [-0.2, -0.15) is 0 Å². The molecule has 3 rings (SSSR count). The Morgan fingerprint density at radius 2 is 2.29 bits per heavy atom. The molecule has 0 aromatic heterocycles. The van der Waals surface area contributed by atoms with Gasteiger partial charge in [-0.3, -0.25) is 4.79 Å². The van der Waals surface area contributed by atoms with Crippen LogP contribution < -0.4 is 5.32 Å². The molecule has 2 nitrogen and oxygen atoms in total. The van der Waals surface area contributed by atoms with Crippen LogP contribution in [0.5, 0.6) is 0 Å². The lowest BCUT2D eigenvalue weighted by molar-refractivity contribution is -0.116. The van der Waals surface area contributed by atoms with Crippen LogP contribution in [0.15, 0.2) is 18.2 Å². The molecule has 1 amide bonds. The van der Waals surface area contributed by atoms with Gasteiger partial charge in [0.05, 0.1) is 0 Å². The van der Waals surface area contributed by atoms with E-state index in [1.54, 1.807) is 0 Å². The number of hydrogen-bond donors (Lipinski definition) is 1. The summed E-state index contributed by atoms with van der Waals surface area (Å²) in [5, 5.41) is 2.96. The summed E-state index contributed by atoms with van der Waals surface area (Å²) in [6, 6.07) is 6.26. The summed E-state index contributed by atoms with van der Waals surface area (Å²) in [7, 11) is 0. The summed E-state index contributed by atoms with van der Waals surface area (Å²) in [5.41, 5.74) is 3.92. The zero-order valence-electron chi connectivity index (χ0n) is 8.05. The molecule has 14 heavy (non-hydrogen) atoms. The van der Waals surface area contributed by atoms with E-state index in [4.69, 9.17) is 0 Å². The number of aryl methyl sites for hydroxylation is 1. The van der Waals surface area contributed by atoms with Gasteiger partial charge < -0.3 is 5.32 Å². The zero-order chi connectivity index (χ0) is 9.54. The second-order valence-corrected chi connectivity index (χ2v) is 4.22. The molecule has 1 N–H and O–H groups in total. The van der Waals surface area contributed by atoms with E-state index >= 15 is 0 Å². The van der Waals surface area contributed by atoms with E-state index in [0.29, 0.717) is 12.3 Å². The quantitative estimate of drug-likeness (QED) is 0.664. The normalized spacial score (nSPS) is 24.0. The molecule has 1 aliphatic heterocycles. The number of rotatable bonds is 0. The first-order valence-corrected chi connectivity index (χ1v) is 5.26. The van der Waals surface area contributed by atoms with Crippen LogP contribution in [0.3, 0.4) is 0 Å².